The maximum Gasteiger partial charge on any atom is 0.251 e. The van der Waals surface area contributed by atoms with Gasteiger partial charge >= 0.3 is 0 Å². The van der Waals surface area contributed by atoms with Crippen LogP contribution < -0.4 is 10.6 Å². The Hall–Kier alpha value is -2.99. The summed E-state index contributed by atoms with van der Waals surface area (Å²) in [6, 6.07) is 15.6. The minimum Gasteiger partial charge on any atom is -0.352 e. The van der Waals surface area contributed by atoms with Crippen LogP contribution in [0.15, 0.2) is 53.9 Å². The van der Waals surface area contributed by atoms with Gasteiger partial charge in [-0.25, -0.2) is 4.98 Å². The number of aryl methyl sites for hydroxylation is 2. The second kappa shape index (κ2) is 9.28. The molecule has 2 amide bonds. The Kier molecular flexibility index (Phi) is 6.55. The van der Waals surface area contributed by atoms with Crippen LogP contribution in [0.4, 0.5) is 5.13 Å². The smallest absolute Gasteiger partial charge is 0.251 e. The van der Waals surface area contributed by atoms with Crippen LogP contribution in [-0.4, -0.2) is 23.3 Å². The Morgan fingerprint density at radius 3 is 2.54 bits per heavy atom. The first-order chi connectivity index (χ1) is 13.6. The van der Waals surface area contributed by atoms with Crippen LogP contribution in [0.3, 0.4) is 0 Å². The van der Waals surface area contributed by atoms with E-state index in [0.717, 1.165) is 23.2 Å². The lowest BCUT2D eigenvalue weighted by molar-refractivity contribution is -0.116. The number of thiazole rings is 1. The molecule has 0 saturated heterocycles. The summed E-state index contributed by atoms with van der Waals surface area (Å²) in [5.74, 6) is -0.342. The highest BCUT2D eigenvalue weighted by Gasteiger charge is 2.11. The van der Waals surface area contributed by atoms with Crippen LogP contribution in [-0.2, 0) is 11.2 Å². The van der Waals surface area contributed by atoms with Gasteiger partial charge in [0.2, 0.25) is 5.91 Å². The number of nitrogens with one attached hydrogen (secondary N) is 2. The zero-order chi connectivity index (χ0) is 19.9. The molecule has 0 aliphatic carbocycles. The molecule has 3 aromatic rings. The molecular weight excluding hydrogens is 370 g/mol. The topological polar surface area (TPSA) is 71.1 Å². The van der Waals surface area contributed by atoms with E-state index in [2.05, 4.69) is 34.7 Å². The van der Waals surface area contributed by atoms with Crippen LogP contribution in [0.25, 0.3) is 11.3 Å². The van der Waals surface area contributed by atoms with Crippen molar-refractivity contribution < 1.29 is 9.59 Å². The molecule has 144 valence electrons. The highest BCUT2D eigenvalue weighted by atomic mass is 32.1. The Bertz CT molecular complexity index is 964. The second-order valence-electron chi connectivity index (χ2n) is 6.46. The molecule has 0 fully saturated rings. The molecule has 0 aliphatic heterocycles. The maximum atomic E-state index is 12.2. The highest BCUT2D eigenvalue weighted by Crippen LogP contribution is 2.25. The lowest BCUT2D eigenvalue weighted by Gasteiger charge is -2.07. The van der Waals surface area contributed by atoms with E-state index in [1.165, 1.54) is 16.9 Å². The highest BCUT2D eigenvalue weighted by molar-refractivity contribution is 7.14. The summed E-state index contributed by atoms with van der Waals surface area (Å²) in [5.41, 5.74) is 4.68. The number of aromatic nitrogens is 1. The van der Waals surface area contributed by atoms with Gasteiger partial charge < -0.3 is 10.6 Å². The van der Waals surface area contributed by atoms with Crippen LogP contribution in [0.5, 0.6) is 0 Å². The molecule has 0 unspecified atom stereocenters. The maximum absolute atomic E-state index is 12.2. The van der Waals surface area contributed by atoms with E-state index in [9.17, 15) is 9.59 Å². The third-order valence-corrected chi connectivity index (χ3v) is 5.19. The van der Waals surface area contributed by atoms with Gasteiger partial charge in [-0.3, -0.25) is 9.59 Å². The molecule has 2 N–H and O–H groups in total. The van der Waals surface area contributed by atoms with E-state index in [-0.39, 0.29) is 24.8 Å². The van der Waals surface area contributed by atoms with Gasteiger partial charge in [0.25, 0.3) is 5.91 Å². The van der Waals surface area contributed by atoms with E-state index >= 15 is 0 Å². The molecule has 0 saturated carbocycles. The third kappa shape index (κ3) is 5.04. The lowest BCUT2D eigenvalue weighted by atomic mass is 10.1. The number of carbonyl (C=O) groups excluding carboxylic acids is 2. The molecule has 1 aromatic heterocycles. The van der Waals surface area contributed by atoms with Crippen molar-refractivity contribution in [2.24, 2.45) is 0 Å². The Balaban J connectivity index is 1.49. The summed E-state index contributed by atoms with van der Waals surface area (Å²) in [6.07, 6.45) is 1.19. The summed E-state index contributed by atoms with van der Waals surface area (Å²) < 4.78 is 0. The zero-order valence-corrected chi connectivity index (χ0v) is 16.8. The average Bonchev–Trinajstić information content (AvgIpc) is 3.16. The summed E-state index contributed by atoms with van der Waals surface area (Å²) in [6.45, 7) is 4.28. The number of carbonyl (C=O) groups is 2. The average molecular weight is 394 g/mol. The van der Waals surface area contributed by atoms with Crippen molar-refractivity contribution in [1.29, 1.82) is 0 Å². The van der Waals surface area contributed by atoms with Crippen molar-refractivity contribution in [1.82, 2.24) is 10.3 Å². The number of benzene rings is 2. The Morgan fingerprint density at radius 2 is 1.82 bits per heavy atom. The number of hydrogen-bond acceptors (Lipinski definition) is 4. The van der Waals surface area contributed by atoms with Gasteiger partial charge in [0.05, 0.1) is 5.69 Å². The molecule has 28 heavy (non-hydrogen) atoms. The van der Waals surface area contributed by atoms with Crippen LogP contribution >= 0.6 is 11.3 Å². The van der Waals surface area contributed by atoms with Gasteiger partial charge in [-0.05, 0) is 30.5 Å². The fourth-order valence-electron chi connectivity index (χ4n) is 2.77. The minimum atomic E-state index is -0.174. The molecule has 0 bridgehead atoms. The van der Waals surface area contributed by atoms with Crippen molar-refractivity contribution in [3.63, 3.8) is 0 Å². The fourth-order valence-corrected chi connectivity index (χ4v) is 3.51. The van der Waals surface area contributed by atoms with E-state index < -0.39 is 0 Å². The van der Waals surface area contributed by atoms with Crippen molar-refractivity contribution in [3.05, 3.63) is 70.6 Å². The predicted molar refractivity (Wildman–Crippen MR) is 114 cm³/mol. The summed E-state index contributed by atoms with van der Waals surface area (Å²) in [5, 5.41) is 8.07. The van der Waals surface area contributed by atoms with Gasteiger partial charge in [0.15, 0.2) is 5.13 Å². The predicted octanol–water partition coefficient (Wildman–Crippen LogP) is 4.44. The quantitative estimate of drug-likeness (QED) is 0.623. The van der Waals surface area contributed by atoms with E-state index in [0.29, 0.717) is 10.7 Å². The third-order valence-electron chi connectivity index (χ3n) is 4.44. The van der Waals surface area contributed by atoms with E-state index in [1.54, 1.807) is 6.07 Å². The van der Waals surface area contributed by atoms with Crippen LogP contribution in [0, 0.1) is 6.92 Å². The monoisotopic (exact) mass is 393 g/mol. The second-order valence-corrected chi connectivity index (χ2v) is 7.32. The van der Waals surface area contributed by atoms with Crippen molar-refractivity contribution in [3.8, 4) is 11.3 Å². The summed E-state index contributed by atoms with van der Waals surface area (Å²) in [4.78, 5) is 28.8. The molecular formula is C22H23N3O2S. The fraction of sp³-hybridized carbons (Fsp3) is 0.227. The Labute approximate surface area is 168 Å². The number of amides is 2. The number of rotatable bonds is 7. The molecule has 1 heterocycles. The van der Waals surface area contributed by atoms with Crippen LogP contribution in [0.1, 0.15) is 34.8 Å². The van der Waals surface area contributed by atoms with E-state index in [4.69, 9.17) is 0 Å². The number of anilines is 1. The van der Waals surface area contributed by atoms with Gasteiger partial charge in [-0.2, -0.15) is 0 Å². The molecule has 0 radical (unpaired) electrons. The number of nitrogens with zero attached hydrogens (tertiary/aromatic N) is 1. The Morgan fingerprint density at radius 1 is 1.07 bits per heavy atom. The van der Waals surface area contributed by atoms with Crippen molar-refractivity contribution >= 4 is 28.3 Å². The summed E-state index contributed by atoms with van der Waals surface area (Å²) >= 11 is 1.39. The zero-order valence-electron chi connectivity index (χ0n) is 16.0. The van der Waals surface area contributed by atoms with Gasteiger partial charge in [-0.1, -0.05) is 49.4 Å². The molecule has 6 heteroatoms. The van der Waals surface area contributed by atoms with Gasteiger partial charge in [0.1, 0.15) is 0 Å². The first kappa shape index (κ1) is 19.8. The van der Waals surface area contributed by atoms with Crippen LogP contribution in [0.2, 0.25) is 0 Å². The first-order valence-corrected chi connectivity index (χ1v) is 10.1. The first-order valence-electron chi connectivity index (χ1n) is 9.25. The van der Waals surface area contributed by atoms with Gasteiger partial charge in [0, 0.05) is 29.5 Å². The van der Waals surface area contributed by atoms with Gasteiger partial charge in [-0.15, -0.1) is 11.3 Å². The minimum absolute atomic E-state index is 0.169. The largest absolute Gasteiger partial charge is 0.352 e. The lowest BCUT2D eigenvalue weighted by Crippen LogP contribution is -2.28. The standard InChI is InChI=1S/C22H23N3O2S/c1-3-16-8-10-17(11-9-16)19-14-28-22(24-19)25-20(26)12-13-23-21(27)18-7-5-4-6-15(18)2/h4-11,14H,3,12-13H2,1-2H3,(H,23,27)(H,24,25,26). The molecule has 0 spiro atoms. The molecule has 0 aliphatic rings. The van der Waals surface area contributed by atoms with E-state index in [1.807, 2.05) is 42.6 Å². The number of hydrogen-bond donors (Lipinski definition) is 2. The summed E-state index contributed by atoms with van der Waals surface area (Å²) in [7, 11) is 0. The van der Waals surface area contributed by atoms with Crippen molar-refractivity contribution in [2.45, 2.75) is 26.7 Å². The normalized spacial score (nSPS) is 10.5. The molecule has 3 rings (SSSR count). The van der Waals surface area contributed by atoms with Crippen molar-refractivity contribution in [2.75, 3.05) is 11.9 Å². The molecule has 2 aromatic carbocycles. The molecule has 0 atom stereocenters. The SMILES string of the molecule is CCc1ccc(-c2csc(NC(=O)CCNC(=O)c3ccccc3C)n2)cc1. The molecule has 5 nitrogen and oxygen atoms in total.